The number of aliphatic imine (C=N–C) groups is 1. The molecule has 170 valence electrons. The van der Waals surface area contributed by atoms with E-state index in [-0.39, 0.29) is 17.0 Å². The molecule has 1 aliphatic heterocycles. The lowest BCUT2D eigenvalue weighted by molar-refractivity contribution is 0.597. The largest absolute Gasteiger partial charge is 0.355 e. The molecule has 0 unspecified atom stereocenters. The predicted molar refractivity (Wildman–Crippen MR) is 145 cm³/mol. The summed E-state index contributed by atoms with van der Waals surface area (Å²) >= 11 is 12.0. The predicted octanol–water partition coefficient (Wildman–Crippen LogP) is 7.15. The second kappa shape index (κ2) is 14.9. The molecule has 0 aromatic heterocycles. The van der Waals surface area contributed by atoms with E-state index in [1.54, 1.807) is 0 Å². The first-order valence-corrected chi connectivity index (χ1v) is 11.4. The van der Waals surface area contributed by atoms with E-state index in [9.17, 15) is 0 Å². The van der Waals surface area contributed by atoms with Gasteiger partial charge in [0.25, 0.3) is 0 Å². The molecule has 32 heavy (non-hydrogen) atoms. The highest BCUT2D eigenvalue weighted by atomic mass is 79.9. The van der Waals surface area contributed by atoms with Crippen molar-refractivity contribution in [3.63, 3.8) is 0 Å². The van der Waals surface area contributed by atoms with Gasteiger partial charge in [0.1, 0.15) is 0 Å². The van der Waals surface area contributed by atoms with Gasteiger partial charge in [-0.3, -0.25) is 4.99 Å². The number of halogens is 3. The number of hydrazone groups is 1. The molecule has 1 heterocycles. The summed E-state index contributed by atoms with van der Waals surface area (Å²) in [6, 6.07) is 15.4. The summed E-state index contributed by atoms with van der Waals surface area (Å²) in [5, 5.41) is 9.38. The van der Waals surface area contributed by atoms with Crippen molar-refractivity contribution >= 4 is 64.0 Å². The van der Waals surface area contributed by atoms with Crippen LogP contribution in [0.4, 0.5) is 0 Å². The van der Waals surface area contributed by atoms with E-state index >= 15 is 0 Å². The molecule has 7 heteroatoms. The molecule has 0 bridgehead atoms. The first-order chi connectivity index (χ1) is 15.2. The minimum absolute atomic E-state index is 0. The number of nitrogens with zero attached hydrogens (tertiary/aromatic N) is 2. The van der Waals surface area contributed by atoms with Crippen molar-refractivity contribution in [3.8, 4) is 0 Å². The Bertz CT molecular complexity index is 878. The third kappa shape index (κ3) is 10.0. The van der Waals surface area contributed by atoms with E-state index in [4.69, 9.17) is 23.2 Å². The van der Waals surface area contributed by atoms with E-state index < -0.39 is 0 Å². The van der Waals surface area contributed by atoms with E-state index in [0.29, 0.717) is 0 Å². The minimum atomic E-state index is 0. The third-order valence-corrected chi connectivity index (χ3v) is 5.33. The van der Waals surface area contributed by atoms with Gasteiger partial charge in [-0.15, -0.1) is 17.0 Å². The van der Waals surface area contributed by atoms with Crippen LogP contribution < -0.4 is 10.7 Å². The van der Waals surface area contributed by atoms with Gasteiger partial charge in [-0.05, 0) is 60.4 Å². The first-order valence-electron chi connectivity index (χ1n) is 10.7. The summed E-state index contributed by atoms with van der Waals surface area (Å²) < 4.78 is 0. The van der Waals surface area contributed by atoms with Gasteiger partial charge in [0.2, 0.25) is 5.96 Å². The molecule has 2 aromatic rings. The van der Waals surface area contributed by atoms with E-state index in [0.717, 1.165) is 58.8 Å². The second-order valence-corrected chi connectivity index (χ2v) is 8.22. The Morgan fingerprint density at radius 2 is 1.34 bits per heavy atom. The number of allylic oxidation sites excluding steroid dienone is 2. The highest BCUT2D eigenvalue weighted by Gasteiger charge is 2.01. The van der Waals surface area contributed by atoms with Gasteiger partial charge in [-0.2, -0.15) is 5.10 Å². The van der Waals surface area contributed by atoms with Crippen LogP contribution in [0.5, 0.6) is 0 Å². The minimum Gasteiger partial charge on any atom is -0.355 e. The number of hydrogen-bond acceptors (Lipinski definition) is 4. The highest BCUT2D eigenvalue weighted by molar-refractivity contribution is 8.93. The Hall–Kier alpha value is -2.08. The molecular weight excluding hydrogens is 507 g/mol. The molecule has 0 amide bonds. The van der Waals surface area contributed by atoms with Crippen LogP contribution in [0, 0.1) is 0 Å². The lowest BCUT2D eigenvalue weighted by Crippen LogP contribution is -2.35. The number of nitrogens with one attached hydrogen (secondary N) is 2. The van der Waals surface area contributed by atoms with E-state index in [1.165, 1.54) is 19.3 Å². The fourth-order valence-corrected chi connectivity index (χ4v) is 3.31. The lowest BCUT2D eigenvalue weighted by Gasteiger charge is -2.11. The summed E-state index contributed by atoms with van der Waals surface area (Å²) in [4.78, 5) is 4.62. The smallest absolute Gasteiger partial charge is 0.212 e. The Morgan fingerprint density at radius 1 is 0.812 bits per heavy atom. The monoisotopic (exact) mass is 534 g/mol. The fourth-order valence-electron chi connectivity index (χ4n) is 3.05. The normalized spacial score (nSPS) is 16.5. The molecular formula is C25H29BrCl2N4. The molecule has 2 aromatic carbocycles. The summed E-state index contributed by atoms with van der Waals surface area (Å²) in [7, 11) is 0. The van der Waals surface area contributed by atoms with Crippen molar-refractivity contribution in [1.82, 2.24) is 10.7 Å². The Morgan fingerprint density at radius 3 is 1.94 bits per heavy atom. The van der Waals surface area contributed by atoms with Crippen molar-refractivity contribution in [2.24, 2.45) is 10.1 Å². The topological polar surface area (TPSA) is 48.8 Å². The number of hydrogen-bond donors (Lipinski definition) is 2. The van der Waals surface area contributed by atoms with Crippen LogP contribution in [-0.2, 0) is 0 Å². The summed E-state index contributed by atoms with van der Waals surface area (Å²) in [5.41, 5.74) is 5.98. The van der Waals surface area contributed by atoms with Crippen molar-refractivity contribution in [2.45, 2.75) is 32.1 Å². The molecule has 3 rings (SSSR count). The Labute approximate surface area is 211 Å². The van der Waals surface area contributed by atoms with Crippen LogP contribution in [0.15, 0.2) is 70.8 Å². The van der Waals surface area contributed by atoms with Crippen LogP contribution >= 0.6 is 40.2 Å². The van der Waals surface area contributed by atoms with Crippen molar-refractivity contribution in [1.29, 1.82) is 0 Å². The molecule has 0 saturated carbocycles. The quantitative estimate of drug-likeness (QED) is 0.315. The molecule has 0 fully saturated rings. The summed E-state index contributed by atoms with van der Waals surface area (Å²) in [6.45, 7) is 1.71. The van der Waals surface area contributed by atoms with Gasteiger partial charge in [0.05, 0.1) is 5.71 Å². The van der Waals surface area contributed by atoms with Crippen LogP contribution in [-0.4, -0.2) is 24.8 Å². The first kappa shape index (κ1) is 26.2. The van der Waals surface area contributed by atoms with Gasteiger partial charge >= 0.3 is 0 Å². The molecule has 0 radical (unpaired) electrons. The molecule has 2 N–H and O–H groups in total. The van der Waals surface area contributed by atoms with Crippen LogP contribution in [0.2, 0.25) is 10.0 Å². The Balaban J connectivity index is 0.00000363. The van der Waals surface area contributed by atoms with Crippen LogP contribution in [0.25, 0.3) is 12.2 Å². The molecule has 1 aliphatic rings. The number of guanidine groups is 1. The number of benzene rings is 2. The van der Waals surface area contributed by atoms with Gasteiger partial charge < -0.3 is 5.32 Å². The zero-order chi connectivity index (χ0) is 21.7. The second-order valence-electron chi connectivity index (χ2n) is 7.34. The van der Waals surface area contributed by atoms with Crippen LogP contribution in [0.3, 0.4) is 0 Å². The average Bonchev–Trinajstić information content (AvgIpc) is 2.79. The molecule has 0 atom stereocenters. The third-order valence-electron chi connectivity index (χ3n) is 4.82. The lowest BCUT2D eigenvalue weighted by atomic mass is 10.1. The van der Waals surface area contributed by atoms with E-state index in [1.807, 2.05) is 72.8 Å². The van der Waals surface area contributed by atoms with Gasteiger partial charge in [-0.25, -0.2) is 5.43 Å². The van der Waals surface area contributed by atoms with Crippen molar-refractivity contribution in [2.75, 3.05) is 13.1 Å². The fraction of sp³-hybridized carbons (Fsp3) is 0.280. The molecule has 0 aliphatic carbocycles. The summed E-state index contributed by atoms with van der Waals surface area (Å²) in [6.07, 6.45) is 14.0. The van der Waals surface area contributed by atoms with E-state index in [2.05, 4.69) is 20.8 Å². The van der Waals surface area contributed by atoms with Gasteiger partial charge in [0, 0.05) is 23.1 Å². The maximum atomic E-state index is 5.99. The highest BCUT2D eigenvalue weighted by Crippen LogP contribution is 2.12. The zero-order valence-electron chi connectivity index (χ0n) is 17.9. The SMILES string of the molecule is Br.Clc1ccc(C=CC(C=Cc2ccc(Cl)cc2)=NN/C2=N\CCCCCCCN2)cc1. The summed E-state index contributed by atoms with van der Waals surface area (Å²) in [5.74, 6) is 0.721. The van der Waals surface area contributed by atoms with Gasteiger partial charge in [0.15, 0.2) is 0 Å². The average molecular weight is 536 g/mol. The van der Waals surface area contributed by atoms with Gasteiger partial charge in [-0.1, -0.05) is 78.9 Å². The zero-order valence-corrected chi connectivity index (χ0v) is 21.2. The van der Waals surface area contributed by atoms with Crippen molar-refractivity contribution < 1.29 is 0 Å². The van der Waals surface area contributed by atoms with Crippen LogP contribution in [0.1, 0.15) is 43.2 Å². The maximum Gasteiger partial charge on any atom is 0.212 e. The Kier molecular flexibility index (Phi) is 12.2. The molecule has 0 spiro atoms. The van der Waals surface area contributed by atoms with Crippen molar-refractivity contribution in [3.05, 3.63) is 81.9 Å². The molecule has 0 saturated heterocycles. The number of rotatable bonds is 5. The maximum absolute atomic E-state index is 5.99. The molecule has 4 nitrogen and oxygen atoms in total. The standard InChI is InChI=1S/C25H28Cl2N4.BrH/c26-22-12-6-20(7-13-22)10-16-24(17-11-21-8-14-23(27)15-9-21)30-31-25-28-18-4-2-1-3-5-19-29-25;/h6-17H,1-5,18-19H2,(H2,28,29,31);1H.